The van der Waals surface area contributed by atoms with E-state index >= 15 is 0 Å². The zero-order valence-electron chi connectivity index (χ0n) is 9.28. The topological polar surface area (TPSA) is 39.9 Å². The number of anilines is 1. The molecule has 0 atom stereocenters. The Labute approximate surface area is 101 Å². The molecule has 0 aromatic carbocycles. The van der Waals surface area contributed by atoms with E-state index in [4.69, 9.17) is 16.9 Å². The van der Waals surface area contributed by atoms with Crippen LogP contribution >= 0.6 is 11.6 Å². The molecular weight excluding hydrogens is 222 g/mol. The highest BCUT2D eigenvalue weighted by Gasteiger charge is 2.12. The van der Waals surface area contributed by atoms with E-state index in [1.165, 1.54) is 0 Å². The maximum absolute atomic E-state index is 8.88. The minimum atomic E-state index is 0.417. The smallest absolute Gasteiger partial charge is 0.148 e. The third-order valence-electron chi connectivity index (χ3n) is 2.13. The predicted octanol–water partition coefficient (Wildman–Crippen LogP) is 3.01. The molecule has 1 rings (SSSR count). The summed E-state index contributed by atoms with van der Waals surface area (Å²) in [6.45, 7) is 7.30. The molecule has 0 bridgehead atoms. The van der Waals surface area contributed by atoms with Gasteiger partial charge < -0.3 is 4.90 Å². The van der Waals surface area contributed by atoms with Crippen molar-refractivity contribution in [2.75, 3.05) is 18.0 Å². The number of nitriles is 1. The van der Waals surface area contributed by atoms with Crippen LogP contribution in [0.1, 0.15) is 18.9 Å². The maximum atomic E-state index is 8.88. The monoisotopic (exact) mass is 235 g/mol. The summed E-state index contributed by atoms with van der Waals surface area (Å²) in [5, 5.41) is 9.30. The molecule has 0 saturated heterocycles. The van der Waals surface area contributed by atoms with E-state index in [-0.39, 0.29) is 0 Å². The molecule has 84 valence electrons. The number of hydrogen-bond acceptors (Lipinski definition) is 3. The minimum absolute atomic E-state index is 0.417. The van der Waals surface area contributed by atoms with Gasteiger partial charge in [-0.25, -0.2) is 4.98 Å². The molecule has 0 saturated carbocycles. The minimum Gasteiger partial charge on any atom is -0.352 e. The van der Waals surface area contributed by atoms with Crippen molar-refractivity contribution < 1.29 is 0 Å². The van der Waals surface area contributed by atoms with Gasteiger partial charge in [-0.3, -0.25) is 0 Å². The lowest BCUT2D eigenvalue weighted by atomic mass is 10.2. The van der Waals surface area contributed by atoms with Gasteiger partial charge in [0.05, 0.1) is 5.56 Å². The lowest BCUT2D eigenvalue weighted by Gasteiger charge is -2.22. The summed E-state index contributed by atoms with van der Waals surface area (Å²) in [7, 11) is 0. The molecule has 0 amide bonds. The van der Waals surface area contributed by atoms with E-state index in [0.717, 1.165) is 13.0 Å². The van der Waals surface area contributed by atoms with Gasteiger partial charge in [0.15, 0.2) is 0 Å². The van der Waals surface area contributed by atoms with E-state index in [9.17, 15) is 0 Å². The molecule has 1 aromatic heterocycles. The Morgan fingerprint density at radius 2 is 2.44 bits per heavy atom. The molecule has 0 spiro atoms. The SMILES string of the molecule is C=CCN(CCC)c1nccc(C#N)c1Cl. The average molecular weight is 236 g/mol. The Bertz CT molecular complexity index is 409. The molecule has 1 aromatic rings. The normalized spacial score (nSPS) is 9.56. The summed E-state index contributed by atoms with van der Waals surface area (Å²) in [4.78, 5) is 6.23. The molecule has 0 radical (unpaired) electrons. The summed E-state index contributed by atoms with van der Waals surface area (Å²) < 4.78 is 0. The van der Waals surface area contributed by atoms with Crippen LogP contribution < -0.4 is 4.90 Å². The van der Waals surface area contributed by atoms with Crippen molar-refractivity contribution in [1.82, 2.24) is 4.98 Å². The van der Waals surface area contributed by atoms with E-state index in [1.807, 2.05) is 4.90 Å². The molecule has 0 aliphatic heterocycles. The molecule has 0 aliphatic rings. The van der Waals surface area contributed by atoms with Gasteiger partial charge in [-0.15, -0.1) is 6.58 Å². The zero-order valence-corrected chi connectivity index (χ0v) is 10.0. The van der Waals surface area contributed by atoms with Gasteiger partial charge in [0.25, 0.3) is 0 Å². The molecule has 4 heteroatoms. The fourth-order valence-electron chi connectivity index (χ4n) is 1.45. The van der Waals surface area contributed by atoms with E-state index in [0.29, 0.717) is 22.9 Å². The standard InChI is InChI=1S/C12H14ClN3/c1-3-7-16(8-4-2)12-11(13)10(9-14)5-6-15-12/h3,5-6H,1,4,7-8H2,2H3. The van der Waals surface area contributed by atoms with Crippen LogP contribution in [0.3, 0.4) is 0 Å². The second-order valence-corrected chi connectivity index (χ2v) is 3.72. The lowest BCUT2D eigenvalue weighted by Crippen LogP contribution is -2.25. The quantitative estimate of drug-likeness (QED) is 0.737. The van der Waals surface area contributed by atoms with Crippen LogP contribution in [-0.4, -0.2) is 18.1 Å². The Morgan fingerprint density at radius 3 is 3.00 bits per heavy atom. The number of halogens is 1. The van der Waals surface area contributed by atoms with Crippen LogP contribution in [0, 0.1) is 11.3 Å². The first-order valence-corrected chi connectivity index (χ1v) is 5.52. The van der Waals surface area contributed by atoms with Crippen LogP contribution in [0.25, 0.3) is 0 Å². The van der Waals surface area contributed by atoms with E-state index in [2.05, 4.69) is 24.6 Å². The number of pyridine rings is 1. The molecule has 0 unspecified atom stereocenters. The first kappa shape index (κ1) is 12.5. The second-order valence-electron chi connectivity index (χ2n) is 3.34. The molecule has 16 heavy (non-hydrogen) atoms. The molecule has 1 heterocycles. The second kappa shape index (κ2) is 6.14. The van der Waals surface area contributed by atoms with Crippen molar-refractivity contribution in [1.29, 1.82) is 5.26 Å². The Hall–Kier alpha value is -1.53. The molecule has 0 fully saturated rings. The highest BCUT2D eigenvalue weighted by Crippen LogP contribution is 2.26. The van der Waals surface area contributed by atoms with E-state index < -0.39 is 0 Å². The van der Waals surface area contributed by atoms with E-state index in [1.54, 1.807) is 18.3 Å². The van der Waals surface area contributed by atoms with Gasteiger partial charge in [0, 0.05) is 19.3 Å². The number of rotatable bonds is 5. The molecular formula is C12H14ClN3. The van der Waals surface area contributed by atoms with Crippen molar-refractivity contribution >= 4 is 17.4 Å². The number of nitrogens with zero attached hydrogens (tertiary/aromatic N) is 3. The van der Waals surface area contributed by atoms with Crippen LogP contribution in [0.5, 0.6) is 0 Å². The summed E-state index contributed by atoms with van der Waals surface area (Å²) in [6, 6.07) is 3.67. The average Bonchev–Trinajstić information content (AvgIpc) is 2.29. The first-order chi connectivity index (χ1) is 7.74. The van der Waals surface area contributed by atoms with Crippen LogP contribution in [0.4, 0.5) is 5.82 Å². The highest BCUT2D eigenvalue weighted by atomic mass is 35.5. The molecule has 3 nitrogen and oxygen atoms in total. The fourth-order valence-corrected chi connectivity index (χ4v) is 1.72. The summed E-state index contributed by atoms with van der Waals surface area (Å²) >= 11 is 6.11. The van der Waals surface area contributed by atoms with Gasteiger partial charge in [0.2, 0.25) is 0 Å². The van der Waals surface area contributed by atoms with Gasteiger partial charge >= 0.3 is 0 Å². The van der Waals surface area contributed by atoms with Crippen molar-refractivity contribution in [3.05, 3.63) is 35.5 Å². The largest absolute Gasteiger partial charge is 0.352 e. The summed E-state index contributed by atoms with van der Waals surface area (Å²) in [5.41, 5.74) is 0.455. The third-order valence-corrected chi connectivity index (χ3v) is 2.51. The lowest BCUT2D eigenvalue weighted by molar-refractivity contribution is 0.802. The molecule has 0 N–H and O–H groups in total. The van der Waals surface area contributed by atoms with Crippen molar-refractivity contribution in [3.63, 3.8) is 0 Å². The van der Waals surface area contributed by atoms with Gasteiger partial charge in [-0.05, 0) is 12.5 Å². The highest BCUT2D eigenvalue weighted by molar-refractivity contribution is 6.34. The number of aromatic nitrogens is 1. The molecule has 0 aliphatic carbocycles. The van der Waals surface area contributed by atoms with Gasteiger partial charge in [0.1, 0.15) is 16.9 Å². The van der Waals surface area contributed by atoms with Gasteiger partial charge in [-0.2, -0.15) is 5.26 Å². The van der Waals surface area contributed by atoms with Gasteiger partial charge in [-0.1, -0.05) is 24.6 Å². The maximum Gasteiger partial charge on any atom is 0.148 e. The first-order valence-electron chi connectivity index (χ1n) is 5.15. The summed E-state index contributed by atoms with van der Waals surface area (Å²) in [5.74, 6) is 0.655. The van der Waals surface area contributed by atoms with Crippen LogP contribution in [0.15, 0.2) is 24.9 Å². The van der Waals surface area contributed by atoms with Crippen molar-refractivity contribution in [2.24, 2.45) is 0 Å². The Morgan fingerprint density at radius 1 is 1.69 bits per heavy atom. The number of hydrogen-bond donors (Lipinski definition) is 0. The van der Waals surface area contributed by atoms with Crippen molar-refractivity contribution in [2.45, 2.75) is 13.3 Å². The zero-order chi connectivity index (χ0) is 12.0. The fraction of sp³-hybridized carbons (Fsp3) is 0.333. The van der Waals surface area contributed by atoms with Crippen LogP contribution in [0.2, 0.25) is 5.02 Å². The Kier molecular flexibility index (Phi) is 4.81. The predicted molar refractivity (Wildman–Crippen MR) is 66.7 cm³/mol. The summed E-state index contributed by atoms with van der Waals surface area (Å²) in [6.07, 6.45) is 4.39. The van der Waals surface area contributed by atoms with Crippen LogP contribution in [-0.2, 0) is 0 Å². The Balaban J connectivity index is 3.09. The third kappa shape index (κ3) is 2.74. The van der Waals surface area contributed by atoms with Crippen molar-refractivity contribution in [3.8, 4) is 6.07 Å².